The van der Waals surface area contributed by atoms with E-state index in [0.29, 0.717) is 33.4 Å². The number of aromatic nitrogens is 1. The standard InChI is InChI=1S/C24H17Cl2N3O3/c1-31-17-9-6-15-11-18(23(26)27-19(15)12-17)21-13-20(14-4-7-16(25)8-5-14)28-29(21)24(30)22-3-2-10-32-22/h2-12,21H,13H2,1H3/t21-/m0/s1. The predicted octanol–water partition coefficient (Wildman–Crippen LogP) is 6.13. The Morgan fingerprint density at radius 1 is 1.12 bits per heavy atom. The Kier molecular flexibility index (Phi) is 5.33. The predicted molar refractivity (Wildman–Crippen MR) is 124 cm³/mol. The summed E-state index contributed by atoms with van der Waals surface area (Å²) in [7, 11) is 1.60. The molecule has 4 aromatic rings. The fourth-order valence-electron chi connectivity index (χ4n) is 3.77. The maximum absolute atomic E-state index is 13.2. The molecule has 0 N–H and O–H groups in total. The monoisotopic (exact) mass is 465 g/mol. The minimum Gasteiger partial charge on any atom is -0.497 e. The van der Waals surface area contributed by atoms with Crippen LogP contribution in [0.1, 0.15) is 34.1 Å². The number of carbonyl (C=O) groups is 1. The van der Waals surface area contributed by atoms with Crippen LogP contribution in [0.15, 0.2) is 76.4 Å². The average Bonchev–Trinajstić information content (AvgIpc) is 3.49. The second-order valence-corrected chi connectivity index (χ2v) is 8.12. The summed E-state index contributed by atoms with van der Waals surface area (Å²) in [4.78, 5) is 17.8. The molecule has 3 heterocycles. The maximum atomic E-state index is 13.2. The zero-order valence-corrected chi connectivity index (χ0v) is 18.5. The number of carbonyl (C=O) groups excluding carboxylic acids is 1. The van der Waals surface area contributed by atoms with Crippen LogP contribution in [0.2, 0.25) is 10.2 Å². The van der Waals surface area contributed by atoms with Crippen LogP contribution in [0.25, 0.3) is 10.9 Å². The number of hydrazone groups is 1. The van der Waals surface area contributed by atoms with Crippen LogP contribution in [0.3, 0.4) is 0 Å². The zero-order valence-electron chi connectivity index (χ0n) is 17.0. The zero-order chi connectivity index (χ0) is 22.2. The largest absolute Gasteiger partial charge is 0.497 e. The lowest BCUT2D eigenvalue weighted by Gasteiger charge is -2.22. The fraction of sp³-hybridized carbons (Fsp3) is 0.125. The minimum absolute atomic E-state index is 0.200. The van der Waals surface area contributed by atoms with E-state index in [-0.39, 0.29) is 11.7 Å². The Balaban J connectivity index is 1.59. The molecule has 8 heteroatoms. The Hall–Kier alpha value is -3.35. The summed E-state index contributed by atoms with van der Waals surface area (Å²) in [6, 6.07) is 17.7. The van der Waals surface area contributed by atoms with Crippen molar-refractivity contribution in [2.24, 2.45) is 5.10 Å². The van der Waals surface area contributed by atoms with Crippen molar-refractivity contribution in [1.29, 1.82) is 0 Å². The summed E-state index contributed by atoms with van der Waals surface area (Å²) in [6.07, 6.45) is 1.93. The van der Waals surface area contributed by atoms with Crippen molar-refractivity contribution in [1.82, 2.24) is 9.99 Å². The van der Waals surface area contributed by atoms with Gasteiger partial charge in [0.05, 0.1) is 30.6 Å². The number of rotatable bonds is 4. The van der Waals surface area contributed by atoms with Crippen LogP contribution < -0.4 is 4.74 Å². The molecule has 1 aliphatic rings. The SMILES string of the molecule is COc1ccc2cc([C@@H]3CC(c4ccc(Cl)cc4)=NN3C(=O)c3ccco3)c(Cl)nc2c1. The molecular formula is C24H17Cl2N3O3. The molecule has 160 valence electrons. The lowest BCUT2D eigenvalue weighted by Crippen LogP contribution is -2.27. The maximum Gasteiger partial charge on any atom is 0.310 e. The highest BCUT2D eigenvalue weighted by atomic mass is 35.5. The van der Waals surface area contributed by atoms with Crippen LogP contribution in [0, 0.1) is 0 Å². The second-order valence-electron chi connectivity index (χ2n) is 7.33. The van der Waals surface area contributed by atoms with E-state index in [4.69, 9.17) is 32.4 Å². The molecule has 32 heavy (non-hydrogen) atoms. The molecule has 2 aromatic carbocycles. The molecule has 0 saturated carbocycles. The van der Waals surface area contributed by atoms with Crippen LogP contribution in [0.4, 0.5) is 0 Å². The van der Waals surface area contributed by atoms with Gasteiger partial charge in [0, 0.05) is 28.5 Å². The van der Waals surface area contributed by atoms with Gasteiger partial charge in [0.15, 0.2) is 5.76 Å². The summed E-state index contributed by atoms with van der Waals surface area (Å²) < 4.78 is 10.6. The van der Waals surface area contributed by atoms with E-state index in [2.05, 4.69) is 10.1 Å². The van der Waals surface area contributed by atoms with Gasteiger partial charge in [-0.3, -0.25) is 4.79 Å². The number of benzene rings is 2. The van der Waals surface area contributed by atoms with Gasteiger partial charge in [0.2, 0.25) is 0 Å². The molecule has 0 bridgehead atoms. The Bertz CT molecular complexity index is 1330. The Morgan fingerprint density at radius 2 is 1.94 bits per heavy atom. The third-order valence-corrected chi connectivity index (χ3v) is 5.95. The fourth-order valence-corrected chi connectivity index (χ4v) is 4.17. The van der Waals surface area contributed by atoms with Crippen LogP contribution in [-0.2, 0) is 0 Å². The molecule has 5 rings (SSSR count). The van der Waals surface area contributed by atoms with Gasteiger partial charge >= 0.3 is 5.91 Å². The Labute approximate surface area is 194 Å². The van der Waals surface area contributed by atoms with Crippen molar-refractivity contribution in [3.63, 3.8) is 0 Å². The lowest BCUT2D eigenvalue weighted by atomic mass is 9.98. The van der Waals surface area contributed by atoms with Gasteiger partial charge in [-0.15, -0.1) is 0 Å². The highest BCUT2D eigenvalue weighted by Gasteiger charge is 2.36. The van der Waals surface area contributed by atoms with Crippen molar-refractivity contribution in [3.8, 4) is 5.75 Å². The number of amides is 1. The first-order valence-electron chi connectivity index (χ1n) is 9.88. The molecule has 0 fully saturated rings. The van der Waals surface area contributed by atoms with Crippen molar-refractivity contribution in [3.05, 3.63) is 94.0 Å². The summed E-state index contributed by atoms with van der Waals surface area (Å²) >= 11 is 12.6. The summed E-state index contributed by atoms with van der Waals surface area (Å²) in [5.74, 6) is 0.540. The third-order valence-electron chi connectivity index (χ3n) is 5.39. The van der Waals surface area contributed by atoms with Crippen LogP contribution in [0.5, 0.6) is 5.75 Å². The number of hydrogen-bond acceptors (Lipinski definition) is 5. The molecule has 0 aliphatic carbocycles. The molecular weight excluding hydrogens is 449 g/mol. The molecule has 2 aromatic heterocycles. The number of methoxy groups -OCH3 is 1. The first-order chi connectivity index (χ1) is 15.5. The summed E-state index contributed by atoms with van der Waals surface area (Å²) in [6.45, 7) is 0. The molecule has 1 aliphatic heterocycles. The van der Waals surface area contributed by atoms with Crippen molar-refractivity contribution < 1.29 is 13.9 Å². The van der Waals surface area contributed by atoms with Crippen LogP contribution >= 0.6 is 23.2 Å². The normalized spacial score (nSPS) is 15.8. The molecule has 0 unspecified atom stereocenters. The van der Waals surface area contributed by atoms with E-state index in [0.717, 1.165) is 16.7 Å². The highest BCUT2D eigenvalue weighted by molar-refractivity contribution is 6.31. The lowest BCUT2D eigenvalue weighted by molar-refractivity contribution is 0.0678. The van der Waals surface area contributed by atoms with Gasteiger partial charge in [-0.25, -0.2) is 9.99 Å². The van der Waals surface area contributed by atoms with Gasteiger partial charge in [-0.1, -0.05) is 35.3 Å². The number of furan rings is 1. The van der Waals surface area contributed by atoms with E-state index in [1.807, 2.05) is 36.4 Å². The van der Waals surface area contributed by atoms with E-state index in [9.17, 15) is 4.79 Å². The number of nitrogens with zero attached hydrogens (tertiary/aromatic N) is 3. The summed E-state index contributed by atoms with van der Waals surface area (Å²) in [5.41, 5.74) is 3.04. The van der Waals surface area contributed by atoms with E-state index >= 15 is 0 Å². The number of halogens is 2. The van der Waals surface area contributed by atoms with Crippen molar-refractivity contribution >= 4 is 45.7 Å². The highest BCUT2D eigenvalue weighted by Crippen LogP contribution is 2.38. The van der Waals surface area contributed by atoms with Gasteiger partial charge < -0.3 is 9.15 Å². The van der Waals surface area contributed by atoms with Gasteiger partial charge in [-0.05, 0) is 48.0 Å². The first kappa shape index (κ1) is 20.5. The summed E-state index contributed by atoms with van der Waals surface area (Å²) in [5, 5.41) is 7.88. The molecule has 0 spiro atoms. The van der Waals surface area contributed by atoms with Gasteiger partial charge in [-0.2, -0.15) is 5.10 Å². The van der Waals surface area contributed by atoms with Gasteiger partial charge in [0.25, 0.3) is 0 Å². The molecule has 1 atom stereocenters. The molecule has 1 amide bonds. The van der Waals surface area contributed by atoms with Crippen molar-refractivity contribution in [2.75, 3.05) is 7.11 Å². The molecule has 0 radical (unpaired) electrons. The number of fused-ring (bicyclic) bond motifs is 1. The average molecular weight is 466 g/mol. The van der Waals surface area contributed by atoms with Crippen LogP contribution in [-0.4, -0.2) is 28.7 Å². The smallest absolute Gasteiger partial charge is 0.310 e. The minimum atomic E-state index is -0.440. The van der Waals surface area contributed by atoms with E-state index in [1.165, 1.54) is 11.3 Å². The van der Waals surface area contributed by atoms with E-state index in [1.54, 1.807) is 31.4 Å². The quantitative estimate of drug-likeness (QED) is 0.339. The van der Waals surface area contributed by atoms with E-state index < -0.39 is 6.04 Å². The second kappa shape index (κ2) is 8.30. The third kappa shape index (κ3) is 3.72. The number of pyridine rings is 1. The number of hydrogen-bond donors (Lipinski definition) is 0. The molecule has 0 saturated heterocycles. The Morgan fingerprint density at radius 3 is 2.66 bits per heavy atom. The first-order valence-corrected chi connectivity index (χ1v) is 10.6. The van der Waals surface area contributed by atoms with Gasteiger partial charge in [0.1, 0.15) is 10.9 Å². The molecule has 6 nitrogen and oxygen atoms in total. The topological polar surface area (TPSA) is 67.9 Å². The number of ether oxygens (including phenoxy) is 1. The van der Waals surface area contributed by atoms with Crippen molar-refractivity contribution in [2.45, 2.75) is 12.5 Å².